The quantitative estimate of drug-likeness (QED) is 0.783. The number of aryl methyl sites for hydroxylation is 1. The zero-order chi connectivity index (χ0) is 10.6. The van der Waals surface area contributed by atoms with Crippen LogP contribution in [0.4, 0.5) is 13.9 Å². The summed E-state index contributed by atoms with van der Waals surface area (Å²) < 4.78 is 29.3. The maximum absolute atomic E-state index is 12.7. The Morgan fingerprint density at radius 1 is 1.57 bits per heavy atom. The number of rotatable bonds is 5. The van der Waals surface area contributed by atoms with E-state index in [0.717, 1.165) is 11.5 Å². The third-order valence-electron chi connectivity index (χ3n) is 1.58. The van der Waals surface area contributed by atoms with Crippen molar-refractivity contribution in [2.24, 2.45) is 5.73 Å². The Labute approximate surface area is 84.7 Å². The van der Waals surface area contributed by atoms with Gasteiger partial charge in [-0.1, -0.05) is 6.92 Å². The summed E-state index contributed by atoms with van der Waals surface area (Å²) in [7, 11) is 0. The Hall–Kier alpha value is -0.820. The molecule has 1 aromatic heterocycles. The van der Waals surface area contributed by atoms with Crippen molar-refractivity contribution >= 4 is 16.7 Å². The van der Waals surface area contributed by atoms with Crippen molar-refractivity contribution < 1.29 is 8.78 Å². The lowest BCUT2D eigenvalue weighted by Gasteiger charge is -2.13. The lowest BCUT2D eigenvalue weighted by molar-refractivity contribution is 0.0254. The summed E-state index contributed by atoms with van der Waals surface area (Å²) >= 11 is 1.08. The maximum atomic E-state index is 12.7. The van der Waals surface area contributed by atoms with Crippen molar-refractivity contribution in [1.29, 1.82) is 0 Å². The van der Waals surface area contributed by atoms with Crippen molar-refractivity contribution in [2.45, 2.75) is 19.3 Å². The monoisotopic (exact) mass is 222 g/mol. The third-order valence-corrected chi connectivity index (χ3v) is 2.29. The van der Waals surface area contributed by atoms with Crippen LogP contribution in [0, 0.1) is 0 Å². The highest BCUT2D eigenvalue weighted by molar-refractivity contribution is 7.09. The molecule has 0 bridgehead atoms. The Bertz CT molecular complexity index is 289. The van der Waals surface area contributed by atoms with Crippen LogP contribution >= 0.6 is 11.5 Å². The third kappa shape index (κ3) is 3.15. The molecule has 0 amide bonds. The molecular weight excluding hydrogens is 210 g/mol. The number of nitrogens with one attached hydrogen (secondary N) is 1. The lowest BCUT2D eigenvalue weighted by atomic mass is 10.3. The van der Waals surface area contributed by atoms with Crippen LogP contribution in [0.2, 0.25) is 0 Å². The summed E-state index contributed by atoms with van der Waals surface area (Å²) in [5.74, 6) is -2.23. The Morgan fingerprint density at radius 2 is 2.29 bits per heavy atom. The van der Waals surface area contributed by atoms with Gasteiger partial charge in [-0.3, -0.25) is 0 Å². The number of nitrogens with two attached hydrogens (primary N) is 1. The smallest absolute Gasteiger partial charge is 0.276 e. The minimum Gasteiger partial charge on any atom is -0.354 e. The van der Waals surface area contributed by atoms with Crippen molar-refractivity contribution in [3.63, 3.8) is 0 Å². The van der Waals surface area contributed by atoms with Crippen LogP contribution in [0.3, 0.4) is 0 Å². The predicted octanol–water partition coefficient (Wildman–Crippen LogP) is 1.11. The fourth-order valence-corrected chi connectivity index (χ4v) is 1.39. The predicted molar refractivity (Wildman–Crippen MR) is 51.8 cm³/mol. The van der Waals surface area contributed by atoms with Crippen molar-refractivity contribution in [3.05, 3.63) is 5.82 Å². The highest BCUT2D eigenvalue weighted by atomic mass is 32.1. The van der Waals surface area contributed by atoms with E-state index in [-0.39, 0.29) is 0 Å². The molecule has 0 saturated carbocycles. The second-order valence-electron chi connectivity index (χ2n) is 2.78. The number of halogens is 2. The molecule has 1 heterocycles. The van der Waals surface area contributed by atoms with Gasteiger partial charge in [-0.25, -0.2) is 13.8 Å². The minimum absolute atomic E-state index is 0.412. The second kappa shape index (κ2) is 4.61. The molecule has 0 spiro atoms. The van der Waals surface area contributed by atoms with Crippen LogP contribution in [0.25, 0.3) is 0 Å². The molecular formula is C7H12F2N4S. The van der Waals surface area contributed by atoms with Crippen LogP contribution in [0.15, 0.2) is 0 Å². The van der Waals surface area contributed by atoms with E-state index in [4.69, 9.17) is 5.73 Å². The molecule has 1 aromatic rings. The maximum Gasteiger partial charge on any atom is 0.276 e. The highest BCUT2D eigenvalue weighted by Crippen LogP contribution is 2.15. The summed E-state index contributed by atoms with van der Waals surface area (Å²) in [6.45, 7) is 0.738. The van der Waals surface area contributed by atoms with E-state index in [0.29, 0.717) is 17.4 Å². The summed E-state index contributed by atoms with van der Waals surface area (Å²) in [5, 5.41) is 2.92. The van der Waals surface area contributed by atoms with E-state index in [1.54, 1.807) is 0 Å². The number of alkyl halides is 2. The first-order chi connectivity index (χ1) is 6.57. The Morgan fingerprint density at radius 3 is 2.79 bits per heavy atom. The van der Waals surface area contributed by atoms with E-state index < -0.39 is 19.0 Å². The molecule has 0 aliphatic rings. The van der Waals surface area contributed by atoms with Gasteiger partial charge in [0, 0.05) is 18.0 Å². The SMILES string of the molecule is CCc1nsc(NCC(F)(F)CN)n1. The molecule has 1 rings (SSSR count). The Balaban J connectivity index is 2.45. The van der Waals surface area contributed by atoms with Gasteiger partial charge in [-0.15, -0.1) is 0 Å². The number of anilines is 1. The highest BCUT2D eigenvalue weighted by Gasteiger charge is 2.26. The number of hydrogen-bond donors (Lipinski definition) is 2. The van der Waals surface area contributed by atoms with Gasteiger partial charge in [0.25, 0.3) is 5.92 Å². The largest absolute Gasteiger partial charge is 0.354 e. The molecule has 0 aliphatic heterocycles. The van der Waals surface area contributed by atoms with Crippen molar-refractivity contribution in [2.75, 3.05) is 18.4 Å². The fourth-order valence-electron chi connectivity index (χ4n) is 0.746. The molecule has 0 unspecified atom stereocenters. The minimum atomic E-state index is -2.89. The van der Waals surface area contributed by atoms with Crippen LogP contribution < -0.4 is 11.1 Å². The first-order valence-corrected chi connectivity index (χ1v) is 4.99. The van der Waals surface area contributed by atoms with Crippen LogP contribution in [-0.2, 0) is 6.42 Å². The molecule has 80 valence electrons. The first kappa shape index (κ1) is 11.3. The molecule has 0 radical (unpaired) electrons. The standard InChI is InChI=1S/C7H12F2N4S/c1-2-5-12-6(14-13-5)11-4-7(8,9)3-10/h2-4,10H2,1H3,(H,11,12,13). The van der Waals surface area contributed by atoms with Gasteiger partial charge in [0.1, 0.15) is 5.82 Å². The fraction of sp³-hybridized carbons (Fsp3) is 0.714. The van der Waals surface area contributed by atoms with Gasteiger partial charge in [-0.2, -0.15) is 4.37 Å². The average Bonchev–Trinajstić information content (AvgIpc) is 2.63. The van der Waals surface area contributed by atoms with Gasteiger partial charge in [0.05, 0.1) is 13.1 Å². The van der Waals surface area contributed by atoms with Crippen LogP contribution in [-0.4, -0.2) is 28.4 Å². The number of hydrogen-bond acceptors (Lipinski definition) is 5. The molecule has 0 aromatic carbocycles. The van der Waals surface area contributed by atoms with E-state index in [1.165, 1.54) is 0 Å². The lowest BCUT2D eigenvalue weighted by Crippen LogP contribution is -2.35. The first-order valence-electron chi connectivity index (χ1n) is 4.22. The number of nitrogens with zero attached hydrogens (tertiary/aromatic N) is 2. The van der Waals surface area contributed by atoms with Gasteiger partial charge in [0.15, 0.2) is 0 Å². The summed E-state index contributed by atoms with van der Waals surface area (Å²) in [6, 6.07) is 0. The van der Waals surface area contributed by atoms with Crippen LogP contribution in [0.1, 0.15) is 12.7 Å². The van der Waals surface area contributed by atoms with E-state index in [1.807, 2.05) is 6.92 Å². The molecule has 0 saturated heterocycles. The Kier molecular flexibility index (Phi) is 3.70. The van der Waals surface area contributed by atoms with Gasteiger partial charge in [-0.05, 0) is 0 Å². The molecule has 14 heavy (non-hydrogen) atoms. The van der Waals surface area contributed by atoms with Gasteiger partial charge < -0.3 is 11.1 Å². The molecule has 3 N–H and O–H groups in total. The van der Waals surface area contributed by atoms with E-state index in [9.17, 15) is 8.78 Å². The van der Waals surface area contributed by atoms with Crippen LogP contribution in [0.5, 0.6) is 0 Å². The summed E-state index contributed by atoms with van der Waals surface area (Å²) in [6.07, 6.45) is 0.700. The zero-order valence-electron chi connectivity index (χ0n) is 7.76. The van der Waals surface area contributed by atoms with Crippen molar-refractivity contribution in [3.8, 4) is 0 Å². The van der Waals surface area contributed by atoms with E-state index in [2.05, 4.69) is 14.7 Å². The zero-order valence-corrected chi connectivity index (χ0v) is 8.57. The normalized spacial score (nSPS) is 11.7. The summed E-state index contributed by atoms with van der Waals surface area (Å²) in [5.41, 5.74) is 4.88. The molecule has 0 aliphatic carbocycles. The number of aromatic nitrogens is 2. The average molecular weight is 222 g/mol. The molecule has 7 heteroatoms. The molecule has 0 fully saturated rings. The molecule has 0 atom stereocenters. The summed E-state index contributed by atoms with van der Waals surface area (Å²) in [4.78, 5) is 3.99. The second-order valence-corrected chi connectivity index (χ2v) is 3.53. The van der Waals surface area contributed by atoms with E-state index >= 15 is 0 Å². The molecule has 4 nitrogen and oxygen atoms in total. The van der Waals surface area contributed by atoms with Gasteiger partial charge in [0.2, 0.25) is 5.13 Å². The topological polar surface area (TPSA) is 63.8 Å². The van der Waals surface area contributed by atoms with Gasteiger partial charge >= 0.3 is 0 Å². The van der Waals surface area contributed by atoms with Crippen molar-refractivity contribution in [1.82, 2.24) is 9.36 Å².